The zero-order chi connectivity index (χ0) is 18.2. The van der Waals surface area contributed by atoms with Crippen molar-refractivity contribution in [2.24, 2.45) is 0 Å². The second-order valence-electron chi connectivity index (χ2n) is 5.03. The van der Waals surface area contributed by atoms with Crippen molar-refractivity contribution in [3.8, 4) is 5.88 Å². The van der Waals surface area contributed by atoms with Crippen LogP contribution in [-0.4, -0.2) is 29.9 Å². The third kappa shape index (κ3) is 5.92. The summed E-state index contributed by atoms with van der Waals surface area (Å²) in [5.74, 6) is -1.28. The largest absolute Gasteiger partial charge is 0.476 e. The molecule has 1 aromatic carbocycles. The molecule has 0 aliphatic carbocycles. The summed E-state index contributed by atoms with van der Waals surface area (Å²) < 4.78 is 5.30. The highest BCUT2D eigenvalue weighted by Crippen LogP contribution is 2.20. The van der Waals surface area contributed by atoms with Gasteiger partial charge in [0, 0.05) is 22.8 Å². The van der Waals surface area contributed by atoms with E-state index in [1.807, 2.05) is 0 Å². The quantitative estimate of drug-likeness (QED) is 0.753. The Morgan fingerprint density at radius 2 is 1.88 bits per heavy atom. The van der Waals surface area contributed by atoms with Gasteiger partial charge in [-0.1, -0.05) is 23.2 Å². The maximum absolute atomic E-state index is 12.0. The van der Waals surface area contributed by atoms with E-state index in [0.717, 1.165) is 5.56 Å². The van der Waals surface area contributed by atoms with Crippen LogP contribution in [0.1, 0.15) is 12.5 Å². The van der Waals surface area contributed by atoms with Gasteiger partial charge in [-0.2, -0.15) is 0 Å². The number of rotatable bonds is 6. The Morgan fingerprint density at radius 1 is 1.16 bits per heavy atom. The number of halogens is 2. The van der Waals surface area contributed by atoms with Crippen LogP contribution in [0.4, 0.5) is 5.69 Å². The number of benzene rings is 1. The Morgan fingerprint density at radius 3 is 2.56 bits per heavy atom. The van der Waals surface area contributed by atoms with Gasteiger partial charge in [-0.3, -0.25) is 9.59 Å². The maximum atomic E-state index is 12.0. The molecule has 2 aromatic rings. The molecule has 2 amide bonds. The van der Waals surface area contributed by atoms with E-state index in [0.29, 0.717) is 28.8 Å². The Balaban J connectivity index is 1.87. The van der Waals surface area contributed by atoms with Crippen LogP contribution in [0.5, 0.6) is 5.88 Å². The van der Waals surface area contributed by atoms with Gasteiger partial charge in [0.15, 0.2) is 0 Å². The molecule has 0 aliphatic rings. The number of hydrogen-bond donors (Lipinski definition) is 2. The van der Waals surface area contributed by atoms with Crippen molar-refractivity contribution in [2.75, 3.05) is 18.5 Å². The van der Waals surface area contributed by atoms with Crippen molar-refractivity contribution in [3.63, 3.8) is 0 Å². The molecule has 0 saturated heterocycles. The number of amides is 2. The molecule has 0 spiro atoms. The second kappa shape index (κ2) is 9.25. The summed E-state index contributed by atoms with van der Waals surface area (Å²) in [6, 6.07) is 8.38. The first-order chi connectivity index (χ1) is 12.0. The van der Waals surface area contributed by atoms with Crippen LogP contribution in [0.15, 0.2) is 36.5 Å². The van der Waals surface area contributed by atoms with Gasteiger partial charge >= 0.3 is 11.8 Å². The fraction of sp³-hybridized carbons (Fsp3) is 0.235. The predicted molar refractivity (Wildman–Crippen MR) is 97.2 cm³/mol. The van der Waals surface area contributed by atoms with Crippen molar-refractivity contribution < 1.29 is 14.3 Å². The average molecular weight is 382 g/mol. The summed E-state index contributed by atoms with van der Waals surface area (Å²) in [7, 11) is 0. The lowest BCUT2D eigenvalue weighted by Crippen LogP contribution is -2.36. The molecular weight excluding hydrogens is 365 g/mol. The molecule has 0 aliphatic heterocycles. The molecule has 0 bridgehead atoms. The zero-order valence-corrected chi connectivity index (χ0v) is 15.0. The molecule has 6 nitrogen and oxygen atoms in total. The Kier molecular flexibility index (Phi) is 7.03. The Hall–Kier alpha value is -2.31. The van der Waals surface area contributed by atoms with Crippen LogP contribution in [-0.2, 0) is 16.0 Å². The van der Waals surface area contributed by atoms with Crippen molar-refractivity contribution in [1.29, 1.82) is 0 Å². The summed E-state index contributed by atoms with van der Waals surface area (Å²) in [6.07, 6.45) is 2.03. The highest BCUT2D eigenvalue weighted by Gasteiger charge is 2.16. The van der Waals surface area contributed by atoms with E-state index >= 15 is 0 Å². The van der Waals surface area contributed by atoms with Gasteiger partial charge in [0.05, 0.1) is 6.61 Å². The highest BCUT2D eigenvalue weighted by atomic mass is 35.5. The van der Waals surface area contributed by atoms with Crippen LogP contribution in [0, 0.1) is 0 Å². The normalized spacial score (nSPS) is 10.2. The Bertz CT molecular complexity index is 748. The minimum absolute atomic E-state index is 0.264. The molecular formula is C17H17Cl2N3O3. The topological polar surface area (TPSA) is 80.3 Å². The monoisotopic (exact) mass is 381 g/mol. The minimum Gasteiger partial charge on any atom is -0.476 e. The number of nitrogens with one attached hydrogen (secondary N) is 2. The average Bonchev–Trinajstić information content (AvgIpc) is 2.56. The number of nitrogens with zero attached hydrogens (tertiary/aromatic N) is 1. The first kappa shape index (κ1) is 19.0. The maximum Gasteiger partial charge on any atom is 0.313 e. The van der Waals surface area contributed by atoms with E-state index in [9.17, 15) is 9.59 Å². The molecule has 0 saturated carbocycles. The first-order valence-electron chi connectivity index (χ1n) is 7.61. The van der Waals surface area contributed by atoms with E-state index in [1.165, 1.54) is 6.20 Å². The number of anilines is 1. The van der Waals surface area contributed by atoms with Gasteiger partial charge < -0.3 is 15.4 Å². The third-order valence-electron chi connectivity index (χ3n) is 3.13. The van der Waals surface area contributed by atoms with Gasteiger partial charge in [-0.15, -0.1) is 0 Å². The number of hydrogen-bond acceptors (Lipinski definition) is 4. The van der Waals surface area contributed by atoms with Crippen LogP contribution in [0.3, 0.4) is 0 Å². The van der Waals surface area contributed by atoms with Crippen molar-refractivity contribution in [2.45, 2.75) is 13.3 Å². The Labute approximate surface area is 155 Å². The molecule has 2 rings (SSSR count). The number of pyridine rings is 1. The molecule has 0 atom stereocenters. The highest BCUT2D eigenvalue weighted by molar-refractivity contribution is 6.39. The third-order valence-corrected chi connectivity index (χ3v) is 3.56. The lowest BCUT2D eigenvalue weighted by molar-refractivity contribution is -0.136. The van der Waals surface area contributed by atoms with Crippen molar-refractivity contribution in [3.05, 3.63) is 52.1 Å². The van der Waals surface area contributed by atoms with Gasteiger partial charge in [-0.25, -0.2) is 4.98 Å². The molecule has 1 aromatic heterocycles. The fourth-order valence-corrected chi connectivity index (χ4v) is 2.64. The standard InChI is InChI=1S/C17H17Cl2N3O3/c1-2-25-17-14(4-3-6-21-17)22-16(24)15(23)20-7-5-11-8-12(18)10-13(19)9-11/h3-4,6,8-10H,2,5,7H2,1H3,(H,20,23)(H,22,24). The minimum atomic E-state index is -0.793. The predicted octanol–water partition coefficient (Wildman–Crippen LogP) is 3.08. The van der Waals surface area contributed by atoms with E-state index < -0.39 is 11.8 Å². The number of carbonyl (C=O) groups is 2. The summed E-state index contributed by atoms with van der Waals surface area (Å²) in [6.45, 7) is 2.47. The van der Waals surface area contributed by atoms with E-state index in [1.54, 1.807) is 37.3 Å². The van der Waals surface area contributed by atoms with E-state index in [4.69, 9.17) is 27.9 Å². The molecule has 2 N–H and O–H groups in total. The van der Waals surface area contributed by atoms with E-state index in [2.05, 4.69) is 15.6 Å². The molecule has 0 radical (unpaired) electrons. The SMILES string of the molecule is CCOc1ncccc1NC(=O)C(=O)NCCc1cc(Cl)cc(Cl)c1. The summed E-state index contributed by atoms with van der Waals surface area (Å²) >= 11 is 11.8. The smallest absolute Gasteiger partial charge is 0.313 e. The van der Waals surface area contributed by atoms with Crippen LogP contribution < -0.4 is 15.4 Å². The van der Waals surface area contributed by atoms with Gasteiger partial charge in [0.1, 0.15) is 5.69 Å². The molecule has 0 unspecified atom stereocenters. The van der Waals surface area contributed by atoms with Crippen molar-refractivity contribution in [1.82, 2.24) is 10.3 Å². The molecule has 1 heterocycles. The lowest BCUT2D eigenvalue weighted by Gasteiger charge is -2.10. The van der Waals surface area contributed by atoms with E-state index in [-0.39, 0.29) is 12.4 Å². The fourth-order valence-electron chi connectivity index (χ4n) is 2.07. The van der Waals surface area contributed by atoms with Crippen LogP contribution >= 0.6 is 23.2 Å². The molecule has 132 valence electrons. The summed E-state index contributed by atoms with van der Waals surface area (Å²) in [5, 5.41) is 6.06. The van der Waals surface area contributed by atoms with Crippen LogP contribution in [0.25, 0.3) is 0 Å². The number of ether oxygens (including phenoxy) is 1. The van der Waals surface area contributed by atoms with Gasteiger partial charge in [0.2, 0.25) is 5.88 Å². The zero-order valence-electron chi connectivity index (χ0n) is 13.5. The molecule has 25 heavy (non-hydrogen) atoms. The lowest BCUT2D eigenvalue weighted by atomic mass is 10.1. The molecule has 0 fully saturated rings. The van der Waals surface area contributed by atoms with Gasteiger partial charge in [-0.05, 0) is 49.2 Å². The molecule has 8 heteroatoms. The first-order valence-corrected chi connectivity index (χ1v) is 8.37. The number of carbonyl (C=O) groups excluding carboxylic acids is 2. The summed E-state index contributed by atoms with van der Waals surface area (Å²) in [5.41, 5.74) is 1.20. The summed E-state index contributed by atoms with van der Waals surface area (Å²) in [4.78, 5) is 27.9. The van der Waals surface area contributed by atoms with Crippen molar-refractivity contribution >= 4 is 40.7 Å². The van der Waals surface area contributed by atoms with Crippen LogP contribution in [0.2, 0.25) is 10.0 Å². The second-order valence-corrected chi connectivity index (χ2v) is 5.90. The van der Waals surface area contributed by atoms with Gasteiger partial charge in [0.25, 0.3) is 0 Å². The number of aromatic nitrogens is 1.